The summed E-state index contributed by atoms with van der Waals surface area (Å²) in [6, 6.07) is 4.55. The molecular formula is C15H9F3N2O2. The van der Waals surface area contributed by atoms with Gasteiger partial charge in [0.25, 0.3) is 5.56 Å². The second kappa shape index (κ2) is 4.66. The molecule has 0 aliphatic rings. The third-order valence-corrected chi connectivity index (χ3v) is 3.43. The molecule has 0 amide bonds. The predicted octanol–water partition coefficient (Wildman–Crippen LogP) is 2.92. The number of nitrogens with zero attached hydrogens (tertiary/aromatic N) is 2. The lowest BCUT2D eigenvalue weighted by Crippen LogP contribution is -2.18. The van der Waals surface area contributed by atoms with E-state index in [9.17, 15) is 22.8 Å². The summed E-state index contributed by atoms with van der Waals surface area (Å²) in [5.41, 5.74) is -0.863. The highest BCUT2D eigenvalue weighted by molar-refractivity contribution is 6.00. The third kappa shape index (κ3) is 2.14. The van der Waals surface area contributed by atoms with Crippen LogP contribution < -0.4 is 5.56 Å². The molecule has 0 fully saturated rings. The first kappa shape index (κ1) is 14.2. The zero-order valence-corrected chi connectivity index (χ0v) is 11.3. The molecule has 2 heterocycles. The van der Waals surface area contributed by atoms with Crippen LogP contribution in [0.15, 0.2) is 35.3 Å². The molecule has 0 spiro atoms. The van der Waals surface area contributed by atoms with Crippen LogP contribution in [0.4, 0.5) is 13.2 Å². The van der Waals surface area contributed by atoms with E-state index in [1.165, 1.54) is 29.9 Å². The molecule has 0 saturated heterocycles. The zero-order valence-electron chi connectivity index (χ0n) is 11.3. The fourth-order valence-electron chi connectivity index (χ4n) is 2.33. The van der Waals surface area contributed by atoms with Crippen molar-refractivity contribution in [1.29, 1.82) is 0 Å². The molecule has 3 aromatic rings. The highest BCUT2D eigenvalue weighted by Crippen LogP contribution is 2.31. The molecule has 0 atom stereocenters. The van der Waals surface area contributed by atoms with Crippen molar-refractivity contribution in [2.75, 3.05) is 0 Å². The number of benzene rings is 1. The molecule has 0 unspecified atom stereocenters. The van der Waals surface area contributed by atoms with Gasteiger partial charge in [0.05, 0.1) is 27.5 Å². The molecule has 0 radical (unpaired) electrons. The molecule has 0 N–H and O–H groups in total. The Morgan fingerprint density at radius 2 is 1.95 bits per heavy atom. The first-order chi connectivity index (χ1) is 10.3. The van der Waals surface area contributed by atoms with E-state index in [1.807, 2.05) is 0 Å². The highest BCUT2D eigenvalue weighted by Gasteiger charge is 2.30. The van der Waals surface area contributed by atoms with E-state index in [4.69, 9.17) is 0 Å². The Labute approximate surface area is 121 Å². The van der Waals surface area contributed by atoms with Gasteiger partial charge in [-0.25, -0.2) is 4.98 Å². The first-order valence-electron chi connectivity index (χ1n) is 6.28. The number of carbonyl (C=O) groups is 1. The third-order valence-electron chi connectivity index (χ3n) is 3.43. The lowest BCUT2D eigenvalue weighted by atomic mass is 10.1. The summed E-state index contributed by atoms with van der Waals surface area (Å²) < 4.78 is 39.5. The minimum Gasteiger partial charge on any atom is -0.317 e. The van der Waals surface area contributed by atoms with Gasteiger partial charge >= 0.3 is 6.18 Å². The maximum atomic E-state index is 12.8. The van der Waals surface area contributed by atoms with Crippen LogP contribution in [-0.2, 0) is 13.2 Å². The minimum atomic E-state index is -4.48. The molecule has 1 aromatic carbocycles. The van der Waals surface area contributed by atoms with Crippen molar-refractivity contribution in [1.82, 2.24) is 9.55 Å². The number of halogens is 3. The lowest BCUT2D eigenvalue weighted by Gasteiger charge is -2.09. The number of aryl methyl sites for hydroxylation is 1. The Morgan fingerprint density at radius 3 is 2.59 bits per heavy atom. The maximum Gasteiger partial charge on any atom is 0.416 e. The second-order valence-electron chi connectivity index (χ2n) is 4.91. The fourth-order valence-corrected chi connectivity index (χ4v) is 2.33. The van der Waals surface area contributed by atoms with Crippen LogP contribution in [0.1, 0.15) is 15.9 Å². The van der Waals surface area contributed by atoms with Gasteiger partial charge in [0.2, 0.25) is 0 Å². The van der Waals surface area contributed by atoms with Crippen molar-refractivity contribution in [2.24, 2.45) is 7.05 Å². The first-order valence-corrected chi connectivity index (χ1v) is 6.28. The standard InChI is InChI=1S/C15H9F3N2O2/c1-20-6-9(7-21)13-11(14(20)22)4-8-2-3-10(15(16,17)18)5-12(8)19-13/h2-7H,1H3. The topological polar surface area (TPSA) is 52.0 Å². The largest absolute Gasteiger partial charge is 0.416 e. The van der Waals surface area contributed by atoms with Crippen LogP contribution in [0.25, 0.3) is 21.8 Å². The van der Waals surface area contributed by atoms with Gasteiger partial charge in [-0.1, -0.05) is 6.07 Å². The normalized spacial score (nSPS) is 12.0. The average molecular weight is 306 g/mol. The number of carbonyl (C=O) groups excluding carboxylic acids is 1. The molecular weight excluding hydrogens is 297 g/mol. The molecule has 0 saturated carbocycles. The number of rotatable bonds is 1. The average Bonchev–Trinajstić information content (AvgIpc) is 2.48. The van der Waals surface area contributed by atoms with E-state index in [0.29, 0.717) is 11.7 Å². The Bertz CT molecular complexity index is 974. The van der Waals surface area contributed by atoms with Gasteiger partial charge < -0.3 is 4.57 Å². The summed E-state index contributed by atoms with van der Waals surface area (Å²) in [7, 11) is 1.49. The molecule has 0 aliphatic carbocycles. The zero-order chi connectivity index (χ0) is 16.1. The molecule has 3 rings (SSSR count). The van der Waals surface area contributed by atoms with Crippen LogP contribution in [0, 0.1) is 0 Å². The number of hydrogen-bond donors (Lipinski definition) is 0. The summed E-state index contributed by atoms with van der Waals surface area (Å²) in [6.45, 7) is 0. The molecule has 0 bridgehead atoms. The number of hydrogen-bond acceptors (Lipinski definition) is 3. The van der Waals surface area contributed by atoms with Gasteiger partial charge in [-0.2, -0.15) is 13.2 Å². The van der Waals surface area contributed by atoms with Gasteiger partial charge in [0.1, 0.15) is 0 Å². The van der Waals surface area contributed by atoms with Gasteiger partial charge in [0, 0.05) is 18.6 Å². The highest BCUT2D eigenvalue weighted by atomic mass is 19.4. The van der Waals surface area contributed by atoms with E-state index < -0.39 is 11.7 Å². The smallest absolute Gasteiger partial charge is 0.317 e. The summed E-state index contributed by atoms with van der Waals surface area (Å²) >= 11 is 0. The molecule has 0 aliphatic heterocycles. The van der Waals surface area contributed by atoms with Gasteiger partial charge in [-0.15, -0.1) is 0 Å². The van der Waals surface area contributed by atoms with E-state index in [1.54, 1.807) is 0 Å². The van der Waals surface area contributed by atoms with E-state index in [0.717, 1.165) is 12.1 Å². The van der Waals surface area contributed by atoms with Crippen LogP contribution >= 0.6 is 0 Å². The second-order valence-corrected chi connectivity index (χ2v) is 4.91. The van der Waals surface area contributed by atoms with E-state index in [2.05, 4.69) is 4.98 Å². The summed E-state index contributed by atoms with van der Waals surface area (Å²) in [5, 5.41) is 0.597. The van der Waals surface area contributed by atoms with Gasteiger partial charge in [-0.3, -0.25) is 9.59 Å². The monoisotopic (exact) mass is 306 g/mol. The maximum absolute atomic E-state index is 12.8. The number of pyridine rings is 2. The van der Waals surface area contributed by atoms with Gasteiger partial charge in [-0.05, 0) is 18.2 Å². The minimum absolute atomic E-state index is 0.0821. The van der Waals surface area contributed by atoms with Crippen LogP contribution in [0.2, 0.25) is 0 Å². The number of aromatic nitrogens is 2. The van der Waals surface area contributed by atoms with Crippen molar-refractivity contribution >= 4 is 28.1 Å². The summed E-state index contributed by atoms with van der Waals surface area (Å²) in [5.74, 6) is 0. The number of alkyl halides is 3. The number of fused-ring (bicyclic) bond motifs is 2. The van der Waals surface area contributed by atoms with Crippen molar-refractivity contribution in [3.05, 3.63) is 51.9 Å². The molecule has 22 heavy (non-hydrogen) atoms. The van der Waals surface area contributed by atoms with Crippen LogP contribution in [-0.4, -0.2) is 15.8 Å². The quantitative estimate of drug-likeness (QED) is 0.513. The van der Waals surface area contributed by atoms with Crippen molar-refractivity contribution in [2.45, 2.75) is 6.18 Å². The number of aldehydes is 1. The van der Waals surface area contributed by atoms with Crippen molar-refractivity contribution in [3.8, 4) is 0 Å². The predicted molar refractivity (Wildman–Crippen MR) is 74.9 cm³/mol. The van der Waals surface area contributed by atoms with E-state index in [-0.39, 0.29) is 27.5 Å². The molecule has 4 nitrogen and oxygen atoms in total. The fraction of sp³-hybridized carbons (Fsp3) is 0.133. The Hall–Kier alpha value is -2.70. The van der Waals surface area contributed by atoms with Crippen LogP contribution in [0.5, 0.6) is 0 Å². The Balaban J connectivity index is 2.44. The van der Waals surface area contributed by atoms with Crippen LogP contribution in [0.3, 0.4) is 0 Å². The molecule has 112 valence electrons. The SMILES string of the molecule is Cn1cc(C=O)c2nc3cc(C(F)(F)F)ccc3cc2c1=O. The van der Waals surface area contributed by atoms with Gasteiger partial charge in [0.15, 0.2) is 6.29 Å². The molecule has 2 aromatic heterocycles. The summed E-state index contributed by atoms with van der Waals surface area (Å²) in [4.78, 5) is 27.3. The van der Waals surface area contributed by atoms with E-state index >= 15 is 0 Å². The summed E-state index contributed by atoms with van der Waals surface area (Å²) in [6.07, 6.45) is -2.65. The Morgan fingerprint density at radius 1 is 1.23 bits per heavy atom. The van der Waals surface area contributed by atoms with Crippen molar-refractivity contribution < 1.29 is 18.0 Å². The Kier molecular flexibility index (Phi) is 3.01. The van der Waals surface area contributed by atoms with Crippen molar-refractivity contribution in [3.63, 3.8) is 0 Å². The molecule has 7 heteroatoms. The lowest BCUT2D eigenvalue weighted by molar-refractivity contribution is -0.137.